The lowest BCUT2D eigenvalue weighted by Crippen LogP contribution is -2.28. The van der Waals surface area contributed by atoms with E-state index in [1.807, 2.05) is 37.3 Å². The number of benzene rings is 1. The number of hydrogen-bond acceptors (Lipinski definition) is 3. The van der Waals surface area contributed by atoms with Gasteiger partial charge in [-0.2, -0.15) is 0 Å². The number of rotatable bonds is 7. The van der Waals surface area contributed by atoms with Gasteiger partial charge in [0.15, 0.2) is 0 Å². The highest BCUT2D eigenvalue weighted by Gasteiger charge is 1.95. The Labute approximate surface area is 119 Å². The van der Waals surface area contributed by atoms with Crippen LogP contribution in [0.15, 0.2) is 53.5 Å². The molecule has 0 aliphatic heterocycles. The molecule has 0 saturated carbocycles. The lowest BCUT2D eigenvalue weighted by atomic mass is 10.2. The molecule has 0 atom stereocenters. The fourth-order valence-corrected chi connectivity index (χ4v) is 1.92. The summed E-state index contributed by atoms with van der Waals surface area (Å²) >= 11 is 0. The zero-order valence-electron chi connectivity index (χ0n) is 11.7. The minimum absolute atomic E-state index is 0.0327. The second-order valence-electron chi connectivity index (χ2n) is 4.65. The predicted molar refractivity (Wildman–Crippen MR) is 80.2 cm³/mol. The molecule has 0 aliphatic carbocycles. The number of aromatic nitrogens is 1. The largest absolute Gasteiger partial charge is 0.492 e. The van der Waals surface area contributed by atoms with Crippen molar-refractivity contribution in [2.24, 2.45) is 0 Å². The summed E-state index contributed by atoms with van der Waals surface area (Å²) < 4.78 is 7.32. The molecule has 1 N–H and O–H groups in total. The molecule has 0 unspecified atom stereocenters. The van der Waals surface area contributed by atoms with Gasteiger partial charge in [-0.3, -0.25) is 4.79 Å². The number of ether oxygens (including phenoxy) is 1. The molecular weight excluding hydrogens is 252 g/mol. The summed E-state index contributed by atoms with van der Waals surface area (Å²) in [5, 5.41) is 3.26. The average Bonchev–Trinajstić information content (AvgIpc) is 2.44. The molecular formula is C16H20N2O2. The zero-order valence-corrected chi connectivity index (χ0v) is 11.7. The monoisotopic (exact) mass is 272 g/mol. The predicted octanol–water partition coefficient (Wildman–Crippen LogP) is 1.83. The molecule has 0 spiro atoms. The Hall–Kier alpha value is -2.07. The van der Waals surface area contributed by atoms with Crippen LogP contribution in [-0.2, 0) is 6.54 Å². The van der Waals surface area contributed by atoms with Crippen LogP contribution in [0.2, 0.25) is 0 Å². The summed E-state index contributed by atoms with van der Waals surface area (Å²) in [6, 6.07) is 13.2. The molecule has 4 nitrogen and oxygen atoms in total. The van der Waals surface area contributed by atoms with Crippen LogP contribution < -0.4 is 15.6 Å². The maximum atomic E-state index is 11.5. The molecule has 1 heterocycles. The third kappa shape index (κ3) is 4.55. The second kappa shape index (κ2) is 7.50. The molecule has 1 aromatic heterocycles. The van der Waals surface area contributed by atoms with E-state index in [0.29, 0.717) is 13.2 Å². The van der Waals surface area contributed by atoms with Gasteiger partial charge >= 0.3 is 0 Å². The van der Waals surface area contributed by atoms with Crippen LogP contribution in [0.25, 0.3) is 0 Å². The highest BCUT2D eigenvalue weighted by molar-refractivity contribution is 5.27. The van der Waals surface area contributed by atoms with Crippen molar-refractivity contribution in [3.63, 3.8) is 0 Å². The second-order valence-corrected chi connectivity index (χ2v) is 4.65. The van der Waals surface area contributed by atoms with Crippen LogP contribution in [0.3, 0.4) is 0 Å². The quantitative estimate of drug-likeness (QED) is 0.782. The Morgan fingerprint density at radius 1 is 1.15 bits per heavy atom. The van der Waals surface area contributed by atoms with Crippen LogP contribution in [0.4, 0.5) is 0 Å². The topological polar surface area (TPSA) is 43.3 Å². The van der Waals surface area contributed by atoms with Crippen LogP contribution >= 0.6 is 0 Å². The highest BCUT2D eigenvalue weighted by Crippen LogP contribution is 2.11. The molecule has 20 heavy (non-hydrogen) atoms. The first-order chi connectivity index (χ1) is 9.75. The SMILES string of the molecule is Cc1cccc(OCCNCCn2ccccc2=O)c1. The van der Waals surface area contributed by atoms with E-state index >= 15 is 0 Å². The van der Waals surface area contributed by atoms with E-state index in [9.17, 15) is 4.79 Å². The molecule has 0 saturated heterocycles. The Bertz CT molecular complexity index is 593. The maximum Gasteiger partial charge on any atom is 0.250 e. The maximum absolute atomic E-state index is 11.5. The van der Waals surface area contributed by atoms with Crippen LogP contribution in [-0.4, -0.2) is 24.3 Å². The number of hydrogen-bond donors (Lipinski definition) is 1. The Kier molecular flexibility index (Phi) is 5.38. The van der Waals surface area contributed by atoms with E-state index in [2.05, 4.69) is 5.32 Å². The summed E-state index contributed by atoms with van der Waals surface area (Å²) in [7, 11) is 0. The number of nitrogens with one attached hydrogen (secondary N) is 1. The van der Waals surface area contributed by atoms with Crippen LogP contribution in [0.1, 0.15) is 5.56 Å². The van der Waals surface area contributed by atoms with Gasteiger partial charge in [0.1, 0.15) is 12.4 Å². The molecule has 106 valence electrons. The van der Waals surface area contributed by atoms with E-state index in [0.717, 1.165) is 18.8 Å². The molecule has 0 radical (unpaired) electrons. The Balaban J connectivity index is 1.63. The fraction of sp³-hybridized carbons (Fsp3) is 0.312. The van der Waals surface area contributed by atoms with Gasteiger partial charge < -0.3 is 14.6 Å². The summed E-state index contributed by atoms with van der Waals surface area (Å²) in [5.74, 6) is 0.895. The summed E-state index contributed by atoms with van der Waals surface area (Å²) in [4.78, 5) is 11.5. The van der Waals surface area contributed by atoms with E-state index in [1.54, 1.807) is 22.9 Å². The van der Waals surface area contributed by atoms with Crippen molar-refractivity contribution in [3.05, 3.63) is 64.6 Å². The summed E-state index contributed by atoms with van der Waals surface area (Å²) in [6.45, 7) is 4.84. The van der Waals surface area contributed by atoms with Gasteiger partial charge in [0, 0.05) is 31.9 Å². The average molecular weight is 272 g/mol. The van der Waals surface area contributed by atoms with Crippen molar-refractivity contribution in [1.29, 1.82) is 0 Å². The first kappa shape index (κ1) is 14.3. The Morgan fingerprint density at radius 3 is 2.85 bits per heavy atom. The first-order valence-electron chi connectivity index (χ1n) is 6.81. The van der Waals surface area contributed by atoms with Crippen LogP contribution in [0, 0.1) is 6.92 Å². The van der Waals surface area contributed by atoms with Crippen molar-refractivity contribution in [2.75, 3.05) is 19.7 Å². The molecule has 4 heteroatoms. The van der Waals surface area contributed by atoms with Gasteiger partial charge in [0.05, 0.1) is 0 Å². The molecule has 0 aliphatic rings. The first-order valence-corrected chi connectivity index (χ1v) is 6.81. The fourth-order valence-electron chi connectivity index (χ4n) is 1.92. The molecule has 1 aromatic carbocycles. The Morgan fingerprint density at radius 2 is 2.05 bits per heavy atom. The van der Waals surface area contributed by atoms with E-state index in [-0.39, 0.29) is 5.56 Å². The van der Waals surface area contributed by atoms with Crippen molar-refractivity contribution in [2.45, 2.75) is 13.5 Å². The number of pyridine rings is 1. The lowest BCUT2D eigenvalue weighted by molar-refractivity contribution is 0.313. The minimum atomic E-state index is 0.0327. The van der Waals surface area contributed by atoms with Crippen molar-refractivity contribution in [3.8, 4) is 5.75 Å². The minimum Gasteiger partial charge on any atom is -0.492 e. The van der Waals surface area contributed by atoms with Gasteiger partial charge in [0.2, 0.25) is 0 Å². The van der Waals surface area contributed by atoms with Crippen molar-refractivity contribution in [1.82, 2.24) is 9.88 Å². The third-order valence-corrected chi connectivity index (χ3v) is 2.97. The summed E-state index contributed by atoms with van der Waals surface area (Å²) in [6.07, 6.45) is 1.80. The normalized spacial score (nSPS) is 10.4. The van der Waals surface area contributed by atoms with Gasteiger partial charge in [-0.1, -0.05) is 18.2 Å². The summed E-state index contributed by atoms with van der Waals surface area (Å²) in [5.41, 5.74) is 1.23. The number of aryl methyl sites for hydroxylation is 1. The third-order valence-electron chi connectivity index (χ3n) is 2.97. The van der Waals surface area contributed by atoms with Crippen molar-refractivity contribution < 1.29 is 4.74 Å². The zero-order chi connectivity index (χ0) is 14.2. The highest BCUT2D eigenvalue weighted by atomic mass is 16.5. The smallest absolute Gasteiger partial charge is 0.250 e. The molecule has 2 aromatic rings. The lowest BCUT2D eigenvalue weighted by Gasteiger charge is -2.09. The van der Waals surface area contributed by atoms with Gasteiger partial charge in [0.25, 0.3) is 5.56 Å². The van der Waals surface area contributed by atoms with Crippen molar-refractivity contribution >= 4 is 0 Å². The molecule has 2 rings (SSSR count). The van der Waals surface area contributed by atoms with E-state index in [1.165, 1.54) is 5.56 Å². The standard InChI is InChI=1S/C16H20N2O2/c1-14-5-4-6-15(13-14)20-12-9-17-8-11-18-10-3-2-7-16(18)19/h2-7,10,13,17H,8-9,11-12H2,1H3. The van der Waals surface area contributed by atoms with Gasteiger partial charge in [-0.25, -0.2) is 0 Å². The van der Waals surface area contributed by atoms with E-state index < -0.39 is 0 Å². The van der Waals surface area contributed by atoms with Gasteiger partial charge in [-0.15, -0.1) is 0 Å². The van der Waals surface area contributed by atoms with E-state index in [4.69, 9.17) is 4.74 Å². The van der Waals surface area contributed by atoms with Crippen LogP contribution in [0.5, 0.6) is 5.75 Å². The van der Waals surface area contributed by atoms with Gasteiger partial charge in [-0.05, 0) is 30.7 Å². The molecule has 0 amide bonds. The number of nitrogens with zero attached hydrogens (tertiary/aromatic N) is 1. The molecule has 0 bridgehead atoms. The molecule has 0 fully saturated rings.